The smallest absolute Gasteiger partial charge is 0.122 e. The van der Waals surface area contributed by atoms with Crippen LogP contribution in [0.3, 0.4) is 0 Å². The summed E-state index contributed by atoms with van der Waals surface area (Å²) < 4.78 is 0.582. The number of nitriles is 1. The molecule has 1 aliphatic rings. The van der Waals surface area contributed by atoms with Crippen molar-refractivity contribution in [2.45, 2.75) is 32.1 Å². The van der Waals surface area contributed by atoms with Gasteiger partial charge < -0.3 is 4.98 Å². The zero-order valence-electron chi connectivity index (χ0n) is 10.7. The van der Waals surface area contributed by atoms with E-state index in [1.54, 1.807) is 11.3 Å². The number of nitrogens with zero attached hydrogens (tertiary/aromatic N) is 1. The zero-order chi connectivity index (χ0) is 13.4. The molecule has 2 aromatic heterocycles. The van der Waals surface area contributed by atoms with Crippen molar-refractivity contribution >= 4 is 23.6 Å². The van der Waals surface area contributed by atoms with E-state index in [9.17, 15) is 5.26 Å². The third kappa shape index (κ3) is 2.03. The van der Waals surface area contributed by atoms with Gasteiger partial charge >= 0.3 is 0 Å². The molecular weight excluding hydrogens is 272 g/mol. The van der Waals surface area contributed by atoms with E-state index in [0.717, 1.165) is 18.5 Å². The molecule has 0 saturated heterocycles. The second-order valence-corrected chi connectivity index (χ2v) is 6.33. The van der Waals surface area contributed by atoms with Crippen LogP contribution in [-0.2, 0) is 6.42 Å². The first kappa shape index (κ1) is 12.6. The molecule has 2 heterocycles. The second kappa shape index (κ2) is 4.92. The van der Waals surface area contributed by atoms with Crippen LogP contribution in [0.25, 0.3) is 10.6 Å². The summed E-state index contributed by atoms with van der Waals surface area (Å²) in [5, 5.41) is 11.5. The largest absolute Gasteiger partial charge is 0.344 e. The van der Waals surface area contributed by atoms with E-state index in [1.165, 1.54) is 22.4 Å². The number of rotatable bonds is 1. The summed E-state index contributed by atoms with van der Waals surface area (Å²) in [5.41, 5.74) is 4.28. The van der Waals surface area contributed by atoms with Crippen LogP contribution in [0, 0.1) is 16.0 Å². The van der Waals surface area contributed by atoms with E-state index in [0.29, 0.717) is 16.1 Å². The number of hydrogen-bond donors (Lipinski definition) is 1. The number of thiophene rings is 1. The second-order valence-electron chi connectivity index (χ2n) is 4.98. The highest BCUT2D eigenvalue weighted by atomic mass is 32.1. The van der Waals surface area contributed by atoms with Crippen LogP contribution in [-0.4, -0.2) is 4.98 Å². The van der Waals surface area contributed by atoms with Crippen LogP contribution < -0.4 is 0 Å². The Bertz CT molecular complexity index is 705. The summed E-state index contributed by atoms with van der Waals surface area (Å²) in [4.78, 5) is 4.49. The number of nitrogens with one attached hydrogen (secondary N) is 1. The minimum atomic E-state index is 0.424. The van der Waals surface area contributed by atoms with Crippen molar-refractivity contribution in [3.63, 3.8) is 0 Å². The first-order valence-corrected chi connectivity index (χ1v) is 7.74. The fourth-order valence-electron chi connectivity index (χ4n) is 2.93. The van der Waals surface area contributed by atoms with Gasteiger partial charge in [-0.25, -0.2) is 0 Å². The van der Waals surface area contributed by atoms with Gasteiger partial charge in [-0.2, -0.15) is 5.26 Å². The molecule has 0 spiro atoms. The van der Waals surface area contributed by atoms with Gasteiger partial charge in [0.15, 0.2) is 0 Å². The molecule has 0 aliphatic heterocycles. The Labute approximate surface area is 121 Å². The van der Waals surface area contributed by atoms with Gasteiger partial charge in [0.05, 0.1) is 16.1 Å². The van der Waals surface area contributed by atoms with Gasteiger partial charge in [-0.05, 0) is 47.8 Å². The van der Waals surface area contributed by atoms with Crippen LogP contribution >= 0.6 is 23.6 Å². The minimum absolute atomic E-state index is 0.424. The van der Waals surface area contributed by atoms with Gasteiger partial charge in [-0.15, -0.1) is 11.3 Å². The average Bonchev–Trinajstić information content (AvgIpc) is 2.92. The molecule has 2 nitrogen and oxygen atoms in total. The Kier molecular flexibility index (Phi) is 3.26. The average molecular weight is 286 g/mol. The molecule has 0 saturated carbocycles. The number of aromatic nitrogens is 1. The number of pyridine rings is 1. The first-order valence-electron chi connectivity index (χ1n) is 6.45. The van der Waals surface area contributed by atoms with E-state index in [-0.39, 0.29) is 0 Å². The monoisotopic (exact) mass is 286 g/mol. The summed E-state index contributed by atoms with van der Waals surface area (Å²) in [5.74, 6) is 0.424. The van der Waals surface area contributed by atoms with E-state index in [4.69, 9.17) is 12.2 Å². The van der Waals surface area contributed by atoms with Gasteiger partial charge in [0.2, 0.25) is 0 Å². The number of hydrogen-bond acceptors (Lipinski definition) is 3. The fourth-order valence-corrected chi connectivity index (χ4v) is 3.94. The Morgan fingerprint density at radius 1 is 1.53 bits per heavy atom. The van der Waals surface area contributed by atoms with Crippen molar-refractivity contribution in [3.05, 3.63) is 38.8 Å². The Balaban J connectivity index is 2.35. The first-order chi connectivity index (χ1) is 9.22. The van der Waals surface area contributed by atoms with Gasteiger partial charge in [0.1, 0.15) is 10.7 Å². The topological polar surface area (TPSA) is 39.6 Å². The van der Waals surface area contributed by atoms with E-state index in [2.05, 4.69) is 29.4 Å². The summed E-state index contributed by atoms with van der Waals surface area (Å²) in [6, 6.07) is 6.45. The molecule has 0 amide bonds. The minimum Gasteiger partial charge on any atom is -0.344 e. The van der Waals surface area contributed by atoms with Crippen LogP contribution in [0.15, 0.2) is 17.5 Å². The van der Waals surface area contributed by atoms with Crippen molar-refractivity contribution in [1.29, 1.82) is 5.26 Å². The number of aromatic amines is 1. The van der Waals surface area contributed by atoms with Crippen LogP contribution in [0.4, 0.5) is 0 Å². The Morgan fingerprint density at radius 3 is 3.05 bits per heavy atom. The lowest BCUT2D eigenvalue weighted by Gasteiger charge is -2.25. The van der Waals surface area contributed by atoms with Crippen LogP contribution in [0.1, 0.15) is 42.4 Å². The molecule has 96 valence electrons. The maximum absolute atomic E-state index is 9.38. The van der Waals surface area contributed by atoms with Crippen molar-refractivity contribution < 1.29 is 0 Å². The van der Waals surface area contributed by atoms with Gasteiger partial charge in [0.25, 0.3) is 0 Å². The standard InChI is InChI=1S/C15H14N2S2/c1-9-4-2-5-10-13(9)11(8-16)15(18)17-14(10)12-6-3-7-19-12/h3,6-7,9H,2,4-5H2,1H3,(H,17,18). The van der Waals surface area contributed by atoms with E-state index < -0.39 is 0 Å². The third-order valence-electron chi connectivity index (χ3n) is 3.80. The highest BCUT2D eigenvalue weighted by Crippen LogP contribution is 2.39. The molecule has 0 aromatic carbocycles. The Hall–Kier alpha value is -1.44. The summed E-state index contributed by atoms with van der Waals surface area (Å²) in [6.45, 7) is 2.20. The molecule has 1 N–H and O–H groups in total. The fraction of sp³-hybridized carbons (Fsp3) is 0.333. The van der Waals surface area contributed by atoms with Crippen LogP contribution in [0.2, 0.25) is 0 Å². The van der Waals surface area contributed by atoms with Crippen molar-refractivity contribution in [1.82, 2.24) is 4.98 Å². The van der Waals surface area contributed by atoms with Gasteiger partial charge in [-0.1, -0.05) is 25.2 Å². The van der Waals surface area contributed by atoms with Crippen LogP contribution in [0.5, 0.6) is 0 Å². The van der Waals surface area contributed by atoms with Crippen molar-refractivity contribution in [2.24, 2.45) is 0 Å². The van der Waals surface area contributed by atoms with Crippen molar-refractivity contribution in [2.75, 3.05) is 0 Å². The maximum atomic E-state index is 9.38. The zero-order valence-corrected chi connectivity index (χ0v) is 12.3. The normalized spacial score (nSPS) is 17.8. The molecule has 3 rings (SSSR count). The molecule has 2 aromatic rings. The highest BCUT2D eigenvalue weighted by Gasteiger charge is 2.24. The molecular formula is C15H14N2S2. The Morgan fingerprint density at radius 2 is 2.37 bits per heavy atom. The molecule has 4 heteroatoms. The summed E-state index contributed by atoms with van der Waals surface area (Å²) in [6.07, 6.45) is 3.36. The maximum Gasteiger partial charge on any atom is 0.122 e. The molecule has 0 radical (unpaired) electrons. The van der Waals surface area contributed by atoms with Gasteiger partial charge in [0, 0.05) is 0 Å². The quantitative estimate of drug-likeness (QED) is 0.766. The lowest BCUT2D eigenvalue weighted by atomic mass is 9.81. The van der Waals surface area contributed by atoms with E-state index >= 15 is 0 Å². The molecule has 19 heavy (non-hydrogen) atoms. The highest BCUT2D eigenvalue weighted by molar-refractivity contribution is 7.71. The number of fused-ring (bicyclic) bond motifs is 1. The third-order valence-corrected chi connectivity index (χ3v) is 4.99. The predicted octanol–water partition coefficient (Wildman–Crippen LogP) is 4.78. The SMILES string of the molecule is CC1CCCc2c(-c3cccs3)[nH]c(=S)c(C#N)c21. The number of H-pyrrole nitrogens is 1. The molecule has 0 fully saturated rings. The van der Waals surface area contributed by atoms with Gasteiger partial charge in [-0.3, -0.25) is 0 Å². The molecule has 1 atom stereocenters. The van der Waals surface area contributed by atoms with E-state index in [1.807, 2.05) is 6.07 Å². The van der Waals surface area contributed by atoms with Crippen molar-refractivity contribution in [3.8, 4) is 16.6 Å². The predicted molar refractivity (Wildman–Crippen MR) is 81.0 cm³/mol. The summed E-state index contributed by atoms with van der Waals surface area (Å²) in [7, 11) is 0. The summed E-state index contributed by atoms with van der Waals surface area (Å²) >= 11 is 7.09. The molecule has 1 unspecified atom stereocenters. The lowest BCUT2D eigenvalue weighted by Crippen LogP contribution is -2.12. The molecule has 0 bridgehead atoms. The lowest BCUT2D eigenvalue weighted by molar-refractivity contribution is 0.587. The molecule has 1 aliphatic carbocycles.